The van der Waals surface area contributed by atoms with E-state index in [2.05, 4.69) is 57.0 Å². The molecule has 1 N–H and O–H groups in total. The molecule has 0 bridgehead atoms. The zero-order valence-corrected chi connectivity index (χ0v) is 14.6. The van der Waals surface area contributed by atoms with Gasteiger partial charge in [-0.15, -0.1) is 0 Å². The molecule has 5 heteroatoms. The highest BCUT2D eigenvalue weighted by atomic mass is 16.5. The molecule has 2 unspecified atom stereocenters. The minimum absolute atomic E-state index is 0.0593. The number of nitrogens with one attached hydrogen (secondary N) is 1. The van der Waals surface area contributed by atoms with Gasteiger partial charge in [0.15, 0.2) is 0 Å². The normalized spacial score (nSPS) is 15.4. The molecule has 0 aliphatic heterocycles. The van der Waals surface area contributed by atoms with Crippen molar-refractivity contribution in [1.82, 2.24) is 15.5 Å². The van der Waals surface area contributed by atoms with Gasteiger partial charge in [0.1, 0.15) is 6.10 Å². The first kappa shape index (κ1) is 18.1. The topological polar surface area (TPSA) is 60.2 Å². The van der Waals surface area contributed by atoms with E-state index in [4.69, 9.17) is 9.26 Å². The van der Waals surface area contributed by atoms with Crippen LogP contribution >= 0.6 is 0 Å². The van der Waals surface area contributed by atoms with Crippen molar-refractivity contribution in [3.8, 4) is 0 Å². The van der Waals surface area contributed by atoms with E-state index in [1.54, 1.807) is 0 Å². The smallest absolute Gasteiger partial charge is 0.228 e. The van der Waals surface area contributed by atoms with Gasteiger partial charge in [-0.2, -0.15) is 4.98 Å². The largest absolute Gasteiger partial charge is 0.370 e. The van der Waals surface area contributed by atoms with Gasteiger partial charge in [-0.3, -0.25) is 0 Å². The lowest BCUT2D eigenvalue weighted by molar-refractivity contribution is -0.0203. The second kappa shape index (κ2) is 7.90. The Morgan fingerprint density at radius 1 is 1.24 bits per heavy atom. The predicted octanol–water partition coefficient (Wildman–Crippen LogP) is 3.37. The fraction of sp³-hybridized carbons (Fsp3) is 0.875. The minimum atomic E-state index is -0.142. The number of likely N-dealkylation sites (N-methyl/N-ethyl adjacent to an activating group) is 1. The van der Waals surface area contributed by atoms with Crippen molar-refractivity contribution in [2.75, 3.05) is 13.2 Å². The van der Waals surface area contributed by atoms with E-state index in [-0.39, 0.29) is 11.5 Å². The molecule has 0 radical (unpaired) electrons. The summed E-state index contributed by atoms with van der Waals surface area (Å²) in [5, 5.41) is 7.60. The summed E-state index contributed by atoms with van der Waals surface area (Å²) in [4.78, 5) is 4.56. The standard InChI is InChI=1S/C16H31N3O2/c1-8-17-12(11(3)4)10-13-18-15(19-21-13)14(20-9-2)16(5,6)7/h11-12,14,17H,8-10H2,1-7H3. The molecule has 0 fully saturated rings. The molecular weight excluding hydrogens is 266 g/mol. The van der Waals surface area contributed by atoms with Gasteiger partial charge in [0.25, 0.3) is 0 Å². The Balaban J connectivity index is 2.83. The Kier molecular flexibility index (Phi) is 6.81. The highest BCUT2D eigenvalue weighted by Gasteiger charge is 2.31. The molecule has 1 rings (SSSR count). The fourth-order valence-electron chi connectivity index (χ4n) is 2.33. The maximum absolute atomic E-state index is 5.81. The highest BCUT2D eigenvalue weighted by molar-refractivity contribution is 4.98. The van der Waals surface area contributed by atoms with Crippen LogP contribution in [-0.2, 0) is 11.2 Å². The minimum Gasteiger partial charge on any atom is -0.370 e. The lowest BCUT2D eigenvalue weighted by Gasteiger charge is -2.27. The molecule has 0 aliphatic rings. The molecule has 1 heterocycles. The van der Waals surface area contributed by atoms with E-state index in [1.807, 2.05) is 6.92 Å². The second-order valence-electron chi connectivity index (χ2n) is 6.86. The van der Waals surface area contributed by atoms with E-state index in [1.165, 1.54) is 0 Å². The van der Waals surface area contributed by atoms with Gasteiger partial charge >= 0.3 is 0 Å². The molecule has 1 aromatic heterocycles. The zero-order chi connectivity index (χ0) is 16.0. The average molecular weight is 297 g/mol. The molecule has 0 aliphatic carbocycles. The number of rotatable bonds is 8. The van der Waals surface area contributed by atoms with Crippen LogP contribution in [0.15, 0.2) is 4.52 Å². The fourth-order valence-corrected chi connectivity index (χ4v) is 2.33. The van der Waals surface area contributed by atoms with Crippen LogP contribution in [0.3, 0.4) is 0 Å². The number of hydrogen-bond acceptors (Lipinski definition) is 5. The summed E-state index contributed by atoms with van der Waals surface area (Å²) >= 11 is 0. The Hall–Kier alpha value is -0.940. The molecule has 0 spiro atoms. The van der Waals surface area contributed by atoms with Crippen molar-refractivity contribution in [2.24, 2.45) is 11.3 Å². The maximum Gasteiger partial charge on any atom is 0.228 e. The second-order valence-corrected chi connectivity index (χ2v) is 6.86. The van der Waals surface area contributed by atoms with Crippen molar-refractivity contribution in [1.29, 1.82) is 0 Å². The summed E-state index contributed by atoms with van der Waals surface area (Å²) in [5.41, 5.74) is -0.0593. The molecule has 5 nitrogen and oxygen atoms in total. The van der Waals surface area contributed by atoms with Crippen LogP contribution in [-0.4, -0.2) is 29.3 Å². The molecule has 1 aromatic rings. The van der Waals surface area contributed by atoms with E-state index in [9.17, 15) is 0 Å². The summed E-state index contributed by atoms with van der Waals surface area (Å²) in [6.07, 6.45) is 0.609. The van der Waals surface area contributed by atoms with Gasteiger partial charge in [0.2, 0.25) is 11.7 Å². The Morgan fingerprint density at radius 2 is 1.90 bits per heavy atom. The van der Waals surface area contributed by atoms with Gasteiger partial charge in [-0.05, 0) is 24.8 Å². The first-order chi connectivity index (χ1) is 9.79. The molecule has 122 valence electrons. The van der Waals surface area contributed by atoms with Crippen LogP contribution in [0.1, 0.15) is 66.3 Å². The first-order valence-corrected chi connectivity index (χ1v) is 7.97. The third-order valence-electron chi connectivity index (χ3n) is 3.50. The number of ether oxygens (including phenoxy) is 1. The van der Waals surface area contributed by atoms with Gasteiger partial charge in [0.05, 0.1) is 0 Å². The Bertz CT molecular complexity index is 410. The summed E-state index contributed by atoms with van der Waals surface area (Å²) in [5.74, 6) is 1.85. The average Bonchev–Trinajstić information content (AvgIpc) is 2.82. The third kappa shape index (κ3) is 5.40. The van der Waals surface area contributed by atoms with Gasteiger partial charge in [0, 0.05) is 19.1 Å². The van der Waals surface area contributed by atoms with Crippen molar-refractivity contribution in [2.45, 2.75) is 67.0 Å². The lowest BCUT2D eigenvalue weighted by Crippen LogP contribution is -2.35. The van der Waals surface area contributed by atoms with Crippen molar-refractivity contribution in [3.63, 3.8) is 0 Å². The van der Waals surface area contributed by atoms with E-state index in [0.29, 0.717) is 30.3 Å². The van der Waals surface area contributed by atoms with Crippen LogP contribution in [0.4, 0.5) is 0 Å². The highest BCUT2D eigenvalue weighted by Crippen LogP contribution is 2.34. The summed E-state index contributed by atoms with van der Waals surface area (Å²) < 4.78 is 11.2. The predicted molar refractivity (Wildman–Crippen MR) is 84.1 cm³/mol. The molecule has 0 amide bonds. The molecule has 0 saturated carbocycles. The summed E-state index contributed by atoms with van der Waals surface area (Å²) in [6.45, 7) is 16.4. The van der Waals surface area contributed by atoms with Crippen LogP contribution in [0.5, 0.6) is 0 Å². The van der Waals surface area contributed by atoms with Crippen LogP contribution in [0.25, 0.3) is 0 Å². The zero-order valence-electron chi connectivity index (χ0n) is 14.6. The molecule has 0 saturated heterocycles. The van der Waals surface area contributed by atoms with E-state index >= 15 is 0 Å². The van der Waals surface area contributed by atoms with Crippen LogP contribution < -0.4 is 5.32 Å². The Labute approximate surface area is 128 Å². The Morgan fingerprint density at radius 3 is 2.38 bits per heavy atom. The monoisotopic (exact) mass is 297 g/mol. The maximum atomic E-state index is 5.81. The van der Waals surface area contributed by atoms with Crippen molar-refractivity contribution >= 4 is 0 Å². The number of hydrogen-bond donors (Lipinski definition) is 1. The van der Waals surface area contributed by atoms with Gasteiger partial charge in [-0.25, -0.2) is 0 Å². The van der Waals surface area contributed by atoms with Crippen molar-refractivity contribution < 1.29 is 9.26 Å². The molecular formula is C16H31N3O2. The summed E-state index contributed by atoms with van der Waals surface area (Å²) in [6, 6.07) is 0.350. The van der Waals surface area contributed by atoms with Crippen LogP contribution in [0.2, 0.25) is 0 Å². The van der Waals surface area contributed by atoms with Gasteiger partial charge in [-0.1, -0.05) is 46.7 Å². The first-order valence-electron chi connectivity index (χ1n) is 7.97. The van der Waals surface area contributed by atoms with E-state index < -0.39 is 0 Å². The van der Waals surface area contributed by atoms with Crippen LogP contribution in [0, 0.1) is 11.3 Å². The third-order valence-corrected chi connectivity index (χ3v) is 3.50. The molecule has 0 aromatic carbocycles. The quantitative estimate of drug-likeness (QED) is 0.797. The molecule has 2 atom stereocenters. The van der Waals surface area contributed by atoms with Gasteiger partial charge < -0.3 is 14.6 Å². The summed E-state index contributed by atoms with van der Waals surface area (Å²) in [7, 11) is 0. The number of aromatic nitrogens is 2. The lowest BCUT2D eigenvalue weighted by atomic mass is 9.88. The SMILES string of the molecule is CCNC(Cc1nc(C(OCC)C(C)(C)C)no1)C(C)C. The van der Waals surface area contributed by atoms with E-state index in [0.717, 1.165) is 13.0 Å². The number of nitrogens with zero attached hydrogens (tertiary/aromatic N) is 2. The molecule has 21 heavy (non-hydrogen) atoms. The van der Waals surface area contributed by atoms with Crippen molar-refractivity contribution in [3.05, 3.63) is 11.7 Å².